The normalized spacial score (nSPS) is 12.2. The first-order chi connectivity index (χ1) is 7.13. The number of amides is 1. The number of halogens is 1. The Morgan fingerprint density at radius 2 is 2.00 bits per heavy atom. The van der Waals surface area contributed by atoms with Gasteiger partial charge in [-0.1, -0.05) is 13.3 Å². The Bertz CT molecular complexity index is 321. The van der Waals surface area contributed by atoms with Crippen LogP contribution >= 0.6 is 22.6 Å². The third kappa shape index (κ3) is 4.20. The van der Waals surface area contributed by atoms with Crippen molar-refractivity contribution in [2.24, 2.45) is 0 Å². The van der Waals surface area contributed by atoms with Gasteiger partial charge in [0.25, 0.3) is 5.91 Å². The van der Waals surface area contributed by atoms with E-state index in [-0.39, 0.29) is 11.9 Å². The van der Waals surface area contributed by atoms with Gasteiger partial charge in [-0.15, -0.1) is 0 Å². The van der Waals surface area contributed by atoms with E-state index in [1.807, 2.05) is 31.2 Å². The molecule has 1 N–H and O–H groups in total. The monoisotopic (exact) mass is 317 g/mol. The first kappa shape index (κ1) is 12.5. The minimum Gasteiger partial charge on any atom is -0.350 e. The number of hydrogen-bond acceptors (Lipinski definition) is 1. The first-order valence-corrected chi connectivity index (χ1v) is 6.27. The minimum atomic E-state index is 0.0207. The van der Waals surface area contributed by atoms with Gasteiger partial charge in [-0.3, -0.25) is 4.79 Å². The van der Waals surface area contributed by atoms with Crippen LogP contribution in [0.25, 0.3) is 0 Å². The first-order valence-electron chi connectivity index (χ1n) is 5.20. The molecule has 1 aromatic rings. The maximum atomic E-state index is 11.7. The van der Waals surface area contributed by atoms with E-state index in [0.29, 0.717) is 0 Å². The number of rotatable bonds is 4. The van der Waals surface area contributed by atoms with Crippen LogP contribution < -0.4 is 5.32 Å². The van der Waals surface area contributed by atoms with Gasteiger partial charge < -0.3 is 5.32 Å². The molecule has 1 aromatic carbocycles. The highest BCUT2D eigenvalue weighted by molar-refractivity contribution is 14.1. The zero-order chi connectivity index (χ0) is 11.3. The van der Waals surface area contributed by atoms with Crippen molar-refractivity contribution in [3.8, 4) is 0 Å². The van der Waals surface area contributed by atoms with Crippen LogP contribution in [-0.2, 0) is 0 Å². The molecule has 0 fully saturated rings. The predicted octanol–water partition coefficient (Wildman–Crippen LogP) is 3.21. The Kier molecular flexibility index (Phi) is 5.08. The lowest BCUT2D eigenvalue weighted by Crippen LogP contribution is -2.32. The van der Waals surface area contributed by atoms with Crippen molar-refractivity contribution in [3.63, 3.8) is 0 Å². The Hall–Kier alpha value is -0.580. The summed E-state index contributed by atoms with van der Waals surface area (Å²) in [6.07, 6.45) is 2.12. The van der Waals surface area contributed by atoms with E-state index in [4.69, 9.17) is 0 Å². The largest absolute Gasteiger partial charge is 0.350 e. The lowest BCUT2D eigenvalue weighted by atomic mass is 10.1. The topological polar surface area (TPSA) is 29.1 Å². The summed E-state index contributed by atoms with van der Waals surface area (Å²) < 4.78 is 1.14. The molecule has 0 aliphatic heterocycles. The highest BCUT2D eigenvalue weighted by Crippen LogP contribution is 2.07. The molecule has 0 spiro atoms. The van der Waals surface area contributed by atoms with Gasteiger partial charge in [-0.05, 0) is 60.2 Å². The van der Waals surface area contributed by atoms with Crippen LogP contribution in [-0.4, -0.2) is 11.9 Å². The van der Waals surface area contributed by atoms with Crippen molar-refractivity contribution in [2.75, 3.05) is 0 Å². The molecule has 15 heavy (non-hydrogen) atoms. The summed E-state index contributed by atoms with van der Waals surface area (Å²) in [5.41, 5.74) is 0.735. The summed E-state index contributed by atoms with van der Waals surface area (Å²) in [6.45, 7) is 4.15. The fourth-order valence-electron chi connectivity index (χ4n) is 1.41. The molecular formula is C12H16INO. The molecular weight excluding hydrogens is 301 g/mol. The molecule has 1 atom stereocenters. The summed E-state index contributed by atoms with van der Waals surface area (Å²) in [5.74, 6) is 0.0207. The molecule has 0 radical (unpaired) electrons. The summed E-state index contributed by atoms with van der Waals surface area (Å²) in [7, 11) is 0. The van der Waals surface area contributed by atoms with Crippen LogP contribution in [0.1, 0.15) is 37.0 Å². The summed E-state index contributed by atoms with van der Waals surface area (Å²) in [6, 6.07) is 7.85. The number of nitrogens with one attached hydrogen (secondary N) is 1. The van der Waals surface area contributed by atoms with Gasteiger partial charge in [0.2, 0.25) is 0 Å². The number of benzene rings is 1. The van der Waals surface area contributed by atoms with Crippen molar-refractivity contribution in [2.45, 2.75) is 32.7 Å². The average molecular weight is 317 g/mol. The minimum absolute atomic E-state index is 0.0207. The fourth-order valence-corrected chi connectivity index (χ4v) is 1.77. The quantitative estimate of drug-likeness (QED) is 0.849. The molecule has 0 saturated heterocycles. The molecule has 0 aromatic heterocycles. The second kappa shape index (κ2) is 6.10. The molecule has 0 unspecified atom stereocenters. The fraction of sp³-hybridized carbons (Fsp3) is 0.417. The zero-order valence-corrected chi connectivity index (χ0v) is 11.2. The van der Waals surface area contributed by atoms with E-state index in [9.17, 15) is 4.79 Å². The molecule has 0 saturated carbocycles. The lowest BCUT2D eigenvalue weighted by molar-refractivity contribution is 0.0938. The number of carbonyl (C=O) groups excluding carboxylic acids is 1. The second-order valence-corrected chi connectivity index (χ2v) is 4.92. The van der Waals surface area contributed by atoms with E-state index in [0.717, 1.165) is 22.0 Å². The Morgan fingerprint density at radius 3 is 2.53 bits per heavy atom. The molecule has 1 rings (SSSR count). The molecule has 0 heterocycles. The van der Waals surface area contributed by atoms with Crippen LogP contribution in [0.5, 0.6) is 0 Å². The average Bonchev–Trinajstić information content (AvgIpc) is 2.18. The van der Waals surface area contributed by atoms with E-state index in [2.05, 4.69) is 34.8 Å². The van der Waals surface area contributed by atoms with Crippen LogP contribution in [0.4, 0.5) is 0 Å². The number of hydrogen-bond donors (Lipinski definition) is 1. The summed E-state index contributed by atoms with van der Waals surface area (Å²) in [5, 5.41) is 2.98. The van der Waals surface area contributed by atoms with E-state index in [1.54, 1.807) is 0 Å². The van der Waals surface area contributed by atoms with E-state index < -0.39 is 0 Å². The summed E-state index contributed by atoms with van der Waals surface area (Å²) in [4.78, 5) is 11.7. The van der Waals surface area contributed by atoms with Gasteiger partial charge in [-0.2, -0.15) is 0 Å². The van der Waals surface area contributed by atoms with Crippen molar-refractivity contribution < 1.29 is 4.79 Å². The summed E-state index contributed by atoms with van der Waals surface area (Å²) >= 11 is 2.23. The predicted molar refractivity (Wildman–Crippen MR) is 71.0 cm³/mol. The lowest BCUT2D eigenvalue weighted by Gasteiger charge is -2.12. The van der Waals surface area contributed by atoms with Crippen molar-refractivity contribution in [3.05, 3.63) is 33.4 Å². The van der Waals surface area contributed by atoms with Crippen LogP contribution in [0.3, 0.4) is 0 Å². The second-order valence-electron chi connectivity index (χ2n) is 3.67. The number of carbonyl (C=O) groups is 1. The standard InChI is InChI=1S/C12H16INO/c1-3-4-9(2)14-12(15)10-5-7-11(13)8-6-10/h5-9H,3-4H2,1-2H3,(H,14,15)/t9-/m1/s1. The Balaban J connectivity index is 2.57. The highest BCUT2D eigenvalue weighted by atomic mass is 127. The van der Waals surface area contributed by atoms with E-state index in [1.165, 1.54) is 0 Å². The molecule has 82 valence electrons. The molecule has 3 heteroatoms. The van der Waals surface area contributed by atoms with Gasteiger partial charge in [-0.25, -0.2) is 0 Å². The molecule has 2 nitrogen and oxygen atoms in total. The third-order valence-corrected chi connectivity index (χ3v) is 2.92. The smallest absolute Gasteiger partial charge is 0.251 e. The SMILES string of the molecule is CCC[C@@H](C)NC(=O)c1ccc(I)cc1. The van der Waals surface area contributed by atoms with Gasteiger partial charge >= 0.3 is 0 Å². The maximum absolute atomic E-state index is 11.7. The molecule has 0 aliphatic carbocycles. The molecule has 0 bridgehead atoms. The van der Waals surface area contributed by atoms with Crippen molar-refractivity contribution in [1.29, 1.82) is 0 Å². The Labute approximate surface area is 105 Å². The van der Waals surface area contributed by atoms with Gasteiger partial charge in [0.1, 0.15) is 0 Å². The maximum Gasteiger partial charge on any atom is 0.251 e. The zero-order valence-electron chi connectivity index (χ0n) is 9.09. The van der Waals surface area contributed by atoms with Crippen LogP contribution in [0, 0.1) is 3.57 Å². The van der Waals surface area contributed by atoms with Crippen molar-refractivity contribution >= 4 is 28.5 Å². The Morgan fingerprint density at radius 1 is 1.40 bits per heavy atom. The van der Waals surface area contributed by atoms with Crippen molar-refractivity contribution in [1.82, 2.24) is 5.32 Å². The van der Waals surface area contributed by atoms with Gasteiger partial charge in [0.05, 0.1) is 0 Å². The van der Waals surface area contributed by atoms with Crippen LogP contribution in [0.15, 0.2) is 24.3 Å². The molecule has 0 aliphatic rings. The highest BCUT2D eigenvalue weighted by Gasteiger charge is 2.08. The van der Waals surface area contributed by atoms with Gasteiger partial charge in [0.15, 0.2) is 0 Å². The van der Waals surface area contributed by atoms with E-state index >= 15 is 0 Å². The molecule has 1 amide bonds. The third-order valence-electron chi connectivity index (χ3n) is 2.21. The van der Waals surface area contributed by atoms with Crippen LogP contribution in [0.2, 0.25) is 0 Å². The van der Waals surface area contributed by atoms with Gasteiger partial charge in [0, 0.05) is 15.2 Å².